The van der Waals surface area contributed by atoms with Crippen LogP contribution in [0.1, 0.15) is 116 Å². The van der Waals surface area contributed by atoms with Crippen molar-refractivity contribution in [3.63, 3.8) is 0 Å². The Morgan fingerprint density at radius 2 is 1.33 bits per heavy atom. The van der Waals surface area contributed by atoms with Crippen LogP contribution in [0.3, 0.4) is 0 Å². The number of aliphatic carboxylic acids is 1. The van der Waals surface area contributed by atoms with Gasteiger partial charge in [-0.3, -0.25) is 18.6 Å². The molecule has 0 heterocycles. The summed E-state index contributed by atoms with van der Waals surface area (Å²) in [5, 5.41) is 8.61. The highest BCUT2D eigenvalue weighted by molar-refractivity contribution is 7.47. The van der Waals surface area contributed by atoms with Gasteiger partial charge in [0.2, 0.25) is 0 Å². The molecular weight excluding hydrogens is 485 g/mol. The summed E-state index contributed by atoms with van der Waals surface area (Å²) in [7, 11) is -4.32. The average Bonchev–Trinajstić information content (AvgIpc) is 2.84. The summed E-state index contributed by atoms with van der Waals surface area (Å²) in [6, 6.07) is -1.39. The van der Waals surface area contributed by atoms with E-state index < -0.39 is 26.4 Å². The van der Waals surface area contributed by atoms with E-state index in [-0.39, 0.29) is 12.6 Å². The molecule has 0 rings (SSSR count). The van der Waals surface area contributed by atoms with Crippen LogP contribution in [0.4, 0.5) is 0 Å². The molecule has 10 heteroatoms. The maximum atomic E-state index is 11.8. The lowest BCUT2D eigenvalue weighted by atomic mass is 10.1. The third-order valence-corrected chi connectivity index (χ3v) is 6.67. The maximum absolute atomic E-state index is 11.8. The van der Waals surface area contributed by atoms with Crippen molar-refractivity contribution in [3.05, 3.63) is 12.2 Å². The van der Waals surface area contributed by atoms with E-state index in [9.17, 15) is 19.0 Å². The normalized spacial score (nSPS) is 14.1. The monoisotopic (exact) mass is 535 g/mol. The molecule has 0 aromatic carbocycles. The molecule has 0 radical (unpaired) electrons. The Kier molecular flexibility index (Phi) is 23.3. The van der Waals surface area contributed by atoms with E-state index in [1.807, 2.05) is 0 Å². The van der Waals surface area contributed by atoms with Gasteiger partial charge in [0.25, 0.3) is 0 Å². The number of hydrogen-bond donors (Lipinski definition) is 3. The number of esters is 1. The molecule has 9 nitrogen and oxygen atoms in total. The Hall–Kier alpha value is -1.25. The van der Waals surface area contributed by atoms with Crippen LogP contribution in [-0.2, 0) is 27.9 Å². The average molecular weight is 536 g/mol. The first kappa shape index (κ1) is 34.8. The van der Waals surface area contributed by atoms with Crippen LogP contribution in [0, 0.1) is 0 Å². The second kappa shape index (κ2) is 24.1. The number of carbonyl (C=O) groups excluding carboxylic acids is 1. The van der Waals surface area contributed by atoms with Gasteiger partial charge in [-0.2, -0.15) is 0 Å². The number of nitrogens with two attached hydrogens (primary N) is 1. The van der Waals surface area contributed by atoms with Crippen LogP contribution >= 0.6 is 7.82 Å². The van der Waals surface area contributed by atoms with Gasteiger partial charge in [-0.05, 0) is 51.4 Å². The van der Waals surface area contributed by atoms with Crippen molar-refractivity contribution >= 4 is 19.8 Å². The van der Waals surface area contributed by atoms with E-state index in [0.29, 0.717) is 32.3 Å². The Morgan fingerprint density at radius 1 is 0.806 bits per heavy atom. The van der Waals surface area contributed by atoms with Gasteiger partial charge in [0.15, 0.2) is 0 Å². The molecule has 0 saturated carbocycles. The molecule has 0 saturated heterocycles. The van der Waals surface area contributed by atoms with Crippen molar-refractivity contribution < 1.29 is 37.9 Å². The molecule has 212 valence electrons. The van der Waals surface area contributed by atoms with E-state index >= 15 is 0 Å². The number of phosphoric ester groups is 1. The largest absolute Gasteiger partial charge is 0.480 e. The second-order valence-electron chi connectivity index (χ2n) is 9.16. The number of hydrogen-bond acceptors (Lipinski definition) is 7. The first-order valence-corrected chi connectivity index (χ1v) is 15.2. The summed E-state index contributed by atoms with van der Waals surface area (Å²) in [6.45, 7) is 1.91. The lowest BCUT2D eigenvalue weighted by Gasteiger charge is -2.13. The van der Waals surface area contributed by atoms with Crippen LogP contribution in [0.25, 0.3) is 0 Å². The molecule has 0 spiro atoms. The zero-order valence-corrected chi connectivity index (χ0v) is 23.1. The van der Waals surface area contributed by atoms with Crippen LogP contribution in [0.15, 0.2) is 12.2 Å². The van der Waals surface area contributed by atoms with Gasteiger partial charge in [0, 0.05) is 6.42 Å². The third kappa shape index (κ3) is 24.4. The van der Waals surface area contributed by atoms with Crippen LogP contribution < -0.4 is 5.73 Å². The smallest absolute Gasteiger partial charge is 0.472 e. The number of unbranched alkanes of at least 4 members (excludes halogenated alkanes) is 13. The van der Waals surface area contributed by atoms with Gasteiger partial charge in [-0.1, -0.05) is 70.4 Å². The number of phosphoric acid groups is 1. The quantitative estimate of drug-likeness (QED) is 0.0504. The molecule has 1 unspecified atom stereocenters. The number of ether oxygens (including phenoxy) is 1. The minimum absolute atomic E-state index is 0.0288. The summed E-state index contributed by atoms with van der Waals surface area (Å²) in [5.74, 6) is -1.52. The minimum atomic E-state index is -4.32. The van der Waals surface area contributed by atoms with E-state index in [0.717, 1.165) is 25.7 Å². The standard InChI is InChI=1S/C26H50NO8P/c1-2-3-4-5-6-7-8-9-10-11-12-13-14-15-17-20-25(28)33-21-18-16-19-22-34-36(31,32)35-23-24(27)26(29)30/h9-10,24H,2-8,11-23,27H2,1H3,(H,29,30)(H,31,32)/b10-9-/t24-/m0/s1. The van der Waals surface area contributed by atoms with Crippen molar-refractivity contribution in [1.29, 1.82) is 0 Å². The summed E-state index contributed by atoms with van der Waals surface area (Å²) in [5.41, 5.74) is 5.19. The predicted octanol–water partition coefficient (Wildman–Crippen LogP) is 6.28. The van der Waals surface area contributed by atoms with E-state index in [1.54, 1.807) is 0 Å². The summed E-state index contributed by atoms with van der Waals surface area (Å²) >= 11 is 0. The molecule has 0 bridgehead atoms. The molecule has 0 aliphatic heterocycles. The third-order valence-electron chi connectivity index (χ3n) is 5.68. The molecule has 0 fully saturated rings. The predicted molar refractivity (Wildman–Crippen MR) is 142 cm³/mol. The van der Waals surface area contributed by atoms with Gasteiger partial charge in [-0.15, -0.1) is 0 Å². The van der Waals surface area contributed by atoms with Gasteiger partial charge in [-0.25, -0.2) is 4.57 Å². The highest BCUT2D eigenvalue weighted by Gasteiger charge is 2.24. The second-order valence-corrected chi connectivity index (χ2v) is 10.6. The summed E-state index contributed by atoms with van der Waals surface area (Å²) in [6.07, 6.45) is 22.6. The molecule has 0 aromatic heterocycles. The maximum Gasteiger partial charge on any atom is 0.472 e. The fourth-order valence-corrected chi connectivity index (χ4v) is 4.23. The number of carboxylic acids is 1. The van der Waals surface area contributed by atoms with E-state index in [4.69, 9.17) is 20.1 Å². The molecule has 0 aliphatic rings. The Morgan fingerprint density at radius 3 is 1.94 bits per heavy atom. The number of allylic oxidation sites excluding steroid dienone is 2. The Labute approximate surface area is 217 Å². The van der Waals surface area contributed by atoms with Crippen LogP contribution in [0.2, 0.25) is 0 Å². The van der Waals surface area contributed by atoms with Crippen molar-refractivity contribution in [2.24, 2.45) is 5.73 Å². The van der Waals surface area contributed by atoms with E-state index in [2.05, 4.69) is 23.6 Å². The fourth-order valence-electron chi connectivity index (χ4n) is 3.44. The lowest BCUT2D eigenvalue weighted by Crippen LogP contribution is -2.34. The van der Waals surface area contributed by atoms with Gasteiger partial charge in [0.05, 0.1) is 19.8 Å². The van der Waals surface area contributed by atoms with Gasteiger partial charge < -0.3 is 20.5 Å². The van der Waals surface area contributed by atoms with Crippen molar-refractivity contribution in [1.82, 2.24) is 0 Å². The molecule has 0 aliphatic carbocycles. The molecule has 4 N–H and O–H groups in total. The Bertz CT molecular complexity index is 629. The lowest BCUT2D eigenvalue weighted by molar-refractivity contribution is -0.144. The highest BCUT2D eigenvalue weighted by Crippen LogP contribution is 2.43. The molecule has 0 aromatic rings. The van der Waals surface area contributed by atoms with Crippen LogP contribution in [-0.4, -0.2) is 47.8 Å². The minimum Gasteiger partial charge on any atom is -0.480 e. The number of carbonyl (C=O) groups is 2. The van der Waals surface area contributed by atoms with Crippen molar-refractivity contribution in [2.45, 2.75) is 122 Å². The molecule has 2 atom stereocenters. The van der Waals surface area contributed by atoms with Gasteiger partial charge >= 0.3 is 19.8 Å². The fraction of sp³-hybridized carbons (Fsp3) is 0.846. The zero-order chi connectivity index (χ0) is 26.9. The van der Waals surface area contributed by atoms with Gasteiger partial charge in [0.1, 0.15) is 6.04 Å². The van der Waals surface area contributed by atoms with Crippen molar-refractivity contribution in [2.75, 3.05) is 19.8 Å². The summed E-state index contributed by atoms with van der Waals surface area (Å²) < 4.78 is 26.1. The summed E-state index contributed by atoms with van der Waals surface area (Å²) in [4.78, 5) is 31.8. The Balaban J connectivity index is 3.44. The first-order chi connectivity index (χ1) is 17.3. The molecular formula is C26H50NO8P. The number of carboxylic acid groups (broad SMARTS) is 1. The molecule has 36 heavy (non-hydrogen) atoms. The van der Waals surface area contributed by atoms with E-state index in [1.165, 1.54) is 57.8 Å². The number of rotatable bonds is 26. The molecule has 0 amide bonds. The SMILES string of the molecule is CCCCCCCC/C=C\CCCCCCCC(=O)OCCCCCOP(=O)(O)OC[C@H](N)C(=O)O. The first-order valence-electron chi connectivity index (χ1n) is 13.7. The zero-order valence-electron chi connectivity index (χ0n) is 22.2. The van der Waals surface area contributed by atoms with Crippen molar-refractivity contribution in [3.8, 4) is 0 Å². The topological polar surface area (TPSA) is 145 Å². The van der Waals surface area contributed by atoms with Crippen LogP contribution in [0.5, 0.6) is 0 Å². The highest BCUT2D eigenvalue weighted by atomic mass is 31.2.